The van der Waals surface area contributed by atoms with Gasteiger partial charge in [-0.1, -0.05) is 43.3 Å². The third-order valence-electron chi connectivity index (χ3n) is 6.05. The van der Waals surface area contributed by atoms with Crippen molar-refractivity contribution in [3.8, 4) is 11.5 Å². The molecule has 0 saturated carbocycles. The van der Waals surface area contributed by atoms with Crippen molar-refractivity contribution in [2.45, 2.75) is 65.7 Å². The van der Waals surface area contributed by atoms with E-state index in [0.717, 1.165) is 65.1 Å². The molecule has 0 bridgehead atoms. The summed E-state index contributed by atoms with van der Waals surface area (Å²) in [6.07, 6.45) is 4.71. The summed E-state index contributed by atoms with van der Waals surface area (Å²) in [5.41, 5.74) is 1.23. The zero-order valence-electron chi connectivity index (χ0n) is 21.8. The number of carbonyl (C=O) groups excluding carboxylic acids is 2. The van der Waals surface area contributed by atoms with E-state index in [1.807, 2.05) is 26.0 Å². The van der Waals surface area contributed by atoms with Crippen molar-refractivity contribution >= 4 is 33.5 Å². The number of aryl methyl sites for hydroxylation is 1. The van der Waals surface area contributed by atoms with Gasteiger partial charge in [0.1, 0.15) is 11.5 Å². The lowest BCUT2D eigenvalue weighted by molar-refractivity contribution is -0.144. The second-order valence-electron chi connectivity index (χ2n) is 8.66. The Morgan fingerprint density at radius 2 is 1.14 bits per heavy atom. The number of hydrogen-bond donors (Lipinski definition) is 0. The van der Waals surface area contributed by atoms with E-state index < -0.39 is 0 Å². The Labute approximate surface area is 213 Å². The molecule has 6 nitrogen and oxygen atoms in total. The lowest BCUT2D eigenvalue weighted by Gasteiger charge is -2.18. The van der Waals surface area contributed by atoms with Gasteiger partial charge in [0.2, 0.25) is 0 Å². The predicted octanol–water partition coefficient (Wildman–Crippen LogP) is 6.78. The molecular weight excluding hydrogens is 456 g/mol. The molecule has 0 amide bonds. The van der Waals surface area contributed by atoms with Crippen LogP contribution in [0.2, 0.25) is 0 Å². The molecule has 0 fully saturated rings. The number of ether oxygens (including phenoxy) is 4. The Morgan fingerprint density at radius 3 is 1.64 bits per heavy atom. The first-order valence-electron chi connectivity index (χ1n) is 13.1. The molecule has 0 aromatic heterocycles. The third-order valence-corrected chi connectivity index (χ3v) is 6.05. The minimum Gasteiger partial charge on any atom is -0.492 e. The zero-order valence-corrected chi connectivity index (χ0v) is 21.8. The first-order valence-corrected chi connectivity index (χ1v) is 13.1. The predicted molar refractivity (Wildman–Crippen MR) is 143 cm³/mol. The molecule has 0 saturated heterocycles. The zero-order chi connectivity index (χ0) is 25.8. The Balaban J connectivity index is 1.81. The van der Waals surface area contributed by atoms with E-state index in [9.17, 15) is 9.59 Å². The second kappa shape index (κ2) is 14.3. The Hall–Kier alpha value is -3.28. The van der Waals surface area contributed by atoms with Crippen LogP contribution in [0.5, 0.6) is 11.5 Å². The van der Waals surface area contributed by atoms with E-state index in [-0.39, 0.29) is 11.9 Å². The first-order chi connectivity index (χ1) is 17.6. The number of hydrogen-bond acceptors (Lipinski definition) is 6. The van der Waals surface area contributed by atoms with Crippen molar-refractivity contribution < 1.29 is 28.5 Å². The van der Waals surface area contributed by atoms with Crippen LogP contribution < -0.4 is 9.47 Å². The molecule has 0 heterocycles. The summed E-state index contributed by atoms with van der Waals surface area (Å²) < 4.78 is 22.7. The molecule has 0 aliphatic rings. The van der Waals surface area contributed by atoms with Crippen LogP contribution in [-0.2, 0) is 25.5 Å². The second-order valence-corrected chi connectivity index (χ2v) is 8.66. The summed E-state index contributed by atoms with van der Waals surface area (Å²) in [4.78, 5) is 23.2. The van der Waals surface area contributed by atoms with Gasteiger partial charge in [-0.25, -0.2) is 0 Å². The topological polar surface area (TPSA) is 71.1 Å². The van der Waals surface area contributed by atoms with Crippen LogP contribution in [0.15, 0.2) is 42.5 Å². The molecule has 36 heavy (non-hydrogen) atoms. The number of benzene rings is 3. The minimum absolute atomic E-state index is 0.162. The molecule has 0 N–H and O–H groups in total. The van der Waals surface area contributed by atoms with Gasteiger partial charge < -0.3 is 18.9 Å². The van der Waals surface area contributed by atoms with Crippen LogP contribution in [-0.4, -0.2) is 38.4 Å². The van der Waals surface area contributed by atoms with Crippen molar-refractivity contribution in [3.63, 3.8) is 0 Å². The molecule has 0 aliphatic carbocycles. The van der Waals surface area contributed by atoms with Crippen molar-refractivity contribution in [1.29, 1.82) is 0 Å². The highest BCUT2D eigenvalue weighted by molar-refractivity contribution is 6.11. The Morgan fingerprint density at radius 1 is 0.639 bits per heavy atom. The maximum atomic E-state index is 11.6. The number of unbranched alkanes of at least 4 members (excludes halogenated alkanes) is 2. The largest absolute Gasteiger partial charge is 0.492 e. The van der Waals surface area contributed by atoms with Crippen LogP contribution in [0, 0.1) is 0 Å². The highest BCUT2D eigenvalue weighted by Gasteiger charge is 2.17. The van der Waals surface area contributed by atoms with Crippen LogP contribution >= 0.6 is 0 Å². The van der Waals surface area contributed by atoms with Crippen LogP contribution in [0.4, 0.5) is 0 Å². The van der Waals surface area contributed by atoms with E-state index in [1.54, 1.807) is 0 Å². The highest BCUT2D eigenvalue weighted by atomic mass is 16.5. The smallest absolute Gasteiger partial charge is 0.305 e. The molecule has 6 heteroatoms. The highest BCUT2D eigenvalue weighted by Crippen LogP contribution is 2.43. The summed E-state index contributed by atoms with van der Waals surface area (Å²) in [7, 11) is 0. The summed E-state index contributed by atoms with van der Waals surface area (Å²) in [6, 6.07) is 14.6. The fraction of sp³-hybridized carbons (Fsp3) is 0.467. The molecule has 0 unspecified atom stereocenters. The van der Waals surface area contributed by atoms with Crippen LogP contribution in [0.1, 0.15) is 64.9 Å². The minimum atomic E-state index is -0.163. The van der Waals surface area contributed by atoms with Gasteiger partial charge in [-0.2, -0.15) is 0 Å². The Bertz CT molecular complexity index is 1150. The van der Waals surface area contributed by atoms with E-state index in [2.05, 4.69) is 37.3 Å². The molecule has 0 radical (unpaired) electrons. The third kappa shape index (κ3) is 7.36. The summed E-state index contributed by atoms with van der Waals surface area (Å²) >= 11 is 0. The normalized spacial score (nSPS) is 11.0. The fourth-order valence-electron chi connectivity index (χ4n) is 4.24. The van der Waals surface area contributed by atoms with Crippen molar-refractivity contribution in [1.82, 2.24) is 0 Å². The van der Waals surface area contributed by atoms with E-state index >= 15 is 0 Å². The van der Waals surface area contributed by atoms with Gasteiger partial charge >= 0.3 is 11.9 Å². The average Bonchev–Trinajstić information content (AvgIpc) is 2.89. The lowest BCUT2D eigenvalue weighted by atomic mass is 9.98. The molecule has 3 aromatic rings. The van der Waals surface area contributed by atoms with Crippen molar-refractivity contribution in [2.75, 3.05) is 26.4 Å². The van der Waals surface area contributed by atoms with Gasteiger partial charge in [0.05, 0.1) is 26.4 Å². The molecule has 0 atom stereocenters. The molecular formula is C30H38O6. The van der Waals surface area contributed by atoms with Gasteiger partial charge in [0, 0.05) is 34.4 Å². The number of rotatable bonds is 15. The number of esters is 2. The lowest BCUT2D eigenvalue weighted by Crippen LogP contribution is -2.06. The Kier molecular flexibility index (Phi) is 10.9. The molecule has 194 valence electrons. The van der Waals surface area contributed by atoms with E-state index in [0.29, 0.717) is 39.3 Å². The molecule has 3 aromatic carbocycles. The SMILES string of the molecule is CCOC(=O)CCCCOc1c2ccccc2c(OCCCCC(=O)OCC)c2cc(CC)ccc12. The van der Waals surface area contributed by atoms with Gasteiger partial charge in [-0.15, -0.1) is 0 Å². The average molecular weight is 495 g/mol. The number of carbonyl (C=O) groups is 2. The quantitative estimate of drug-likeness (QED) is 0.132. The summed E-state index contributed by atoms with van der Waals surface area (Å²) in [5, 5.41) is 4.05. The first kappa shape index (κ1) is 27.3. The molecule has 0 spiro atoms. The summed E-state index contributed by atoms with van der Waals surface area (Å²) in [6.45, 7) is 7.63. The van der Waals surface area contributed by atoms with Crippen molar-refractivity contribution in [2.24, 2.45) is 0 Å². The van der Waals surface area contributed by atoms with Crippen molar-refractivity contribution in [3.05, 3.63) is 48.0 Å². The standard InChI is InChI=1S/C30H38O6/c1-4-22-17-18-25-26(21-22)30(36-20-12-10-16-28(32)34-6-3)24-14-8-7-13-23(24)29(25)35-19-11-9-15-27(31)33-5-2/h7-8,13-14,17-18,21H,4-6,9-12,15-16,19-20H2,1-3H3. The fourth-order valence-corrected chi connectivity index (χ4v) is 4.24. The maximum absolute atomic E-state index is 11.6. The molecule has 0 aliphatic heterocycles. The van der Waals surface area contributed by atoms with Gasteiger partial charge in [0.25, 0.3) is 0 Å². The maximum Gasteiger partial charge on any atom is 0.305 e. The van der Waals surface area contributed by atoms with Crippen LogP contribution in [0.3, 0.4) is 0 Å². The van der Waals surface area contributed by atoms with E-state index in [1.165, 1.54) is 5.56 Å². The number of fused-ring (bicyclic) bond motifs is 2. The van der Waals surface area contributed by atoms with Gasteiger partial charge in [-0.05, 0) is 57.6 Å². The molecule has 3 rings (SSSR count). The van der Waals surface area contributed by atoms with Gasteiger partial charge in [-0.3, -0.25) is 9.59 Å². The van der Waals surface area contributed by atoms with Crippen LogP contribution in [0.25, 0.3) is 21.5 Å². The van der Waals surface area contributed by atoms with E-state index in [4.69, 9.17) is 18.9 Å². The summed E-state index contributed by atoms with van der Waals surface area (Å²) in [5.74, 6) is 1.37. The van der Waals surface area contributed by atoms with Gasteiger partial charge in [0.15, 0.2) is 0 Å². The monoisotopic (exact) mass is 494 g/mol.